The third-order valence-corrected chi connectivity index (χ3v) is 3.64. The zero-order chi connectivity index (χ0) is 20.0. The average Bonchev–Trinajstić information content (AvgIpc) is 3.20. The number of ether oxygens (including phenoxy) is 2. The highest BCUT2D eigenvalue weighted by molar-refractivity contribution is 5.78. The van der Waals surface area contributed by atoms with Crippen LogP contribution in [0.3, 0.4) is 0 Å². The van der Waals surface area contributed by atoms with E-state index in [1.165, 1.54) is 30.5 Å². The first kappa shape index (κ1) is 19.2. The minimum absolute atomic E-state index is 0.0479. The number of aromatic nitrogens is 3. The third-order valence-electron chi connectivity index (χ3n) is 3.64. The van der Waals surface area contributed by atoms with E-state index in [-0.39, 0.29) is 18.1 Å². The van der Waals surface area contributed by atoms with Gasteiger partial charge in [0.05, 0.1) is 17.6 Å². The molecule has 7 nitrogen and oxygen atoms in total. The van der Waals surface area contributed by atoms with Crippen LogP contribution in [0.15, 0.2) is 60.0 Å². The Morgan fingerprint density at radius 1 is 1.07 bits per heavy atom. The quantitative estimate of drug-likeness (QED) is 0.284. The van der Waals surface area contributed by atoms with Gasteiger partial charge in [-0.1, -0.05) is 17.3 Å². The minimum atomic E-state index is -4.73. The summed E-state index contributed by atoms with van der Waals surface area (Å²) in [7, 11) is 0. The maximum Gasteiger partial charge on any atom is 0.573 e. The standard InChI is InChI=1S/C18H15F3N4O3/c19-18(20,21)28-13-4-1-12(2-5-13)3-8-17(25-26)27-14-6-7-15(22-11-14)16-9-10-23-24-16/h1-2,4-7,9-11,26H,3,8H2,(H,23,24)/b25-17+. The normalized spacial score (nSPS) is 12.0. The van der Waals surface area contributed by atoms with E-state index in [1.54, 1.807) is 24.4 Å². The highest BCUT2D eigenvalue weighted by Crippen LogP contribution is 2.23. The number of hydrogen-bond acceptors (Lipinski definition) is 6. The van der Waals surface area contributed by atoms with Crippen LogP contribution in [-0.2, 0) is 6.42 Å². The van der Waals surface area contributed by atoms with E-state index in [2.05, 4.69) is 25.1 Å². The van der Waals surface area contributed by atoms with Gasteiger partial charge in [0.15, 0.2) is 0 Å². The second-order valence-electron chi connectivity index (χ2n) is 5.64. The number of nitrogens with zero attached hydrogens (tertiary/aromatic N) is 3. The fourth-order valence-corrected chi connectivity index (χ4v) is 2.37. The molecule has 0 aliphatic heterocycles. The lowest BCUT2D eigenvalue weighted by Crippen LogP contribution is -2.17. The van der Waals surface area contributed by atoms with Crippen LogP contribution in [0.4, 0.5) is 13.2 Å². The first-order valence-corrected chi connectivity index (χ1v) is 8.12. The third kappa shape index (κ3) is 5.47. The number of H-pyrrole nitrogens is 1. The summed E-state index contributed by atoms with van der Waals surface area (Å²) < 4.78 is 45.8. The molecule has 28 heavy (non-hydrogen) atoms. The number of pyridine rings is 1. The SMILES string of the molecule is O/N=C(\CCc1ccc(OC(F)(F)F)cc1)Oc1ccc(-c2ccn[nH]2)nc1. The minimum Gasteiger partial charge on any atom is -0.438 e. The van der Waals surface area contributed by atoms with Crippen molar-refractivity contribution in [1.82, 2.24) is 15.2 Å². The molecule has 10 heteroatoms. The zero-order valence-corrected chi connectivity index (χ0v) is 14.3. The van der Waals surface area contributed by atoms with Crippen molar-refractivity contribution in [3.05, 3.63) is 60.4 Å². The Morgan fingerprint density at radius 2 is 1.82 bits per heavy atom. The molecular weight excluding hydrogens is 377 g/mol. The predicted molar refractivity (Wildman–Crippen MR) is 93.1 cm³/mol. The van der Waals surface area contributed by atoms with Gasteiger partial charge in [0.1, 0.15) is 11.5 Å². The van der Waals surface area contributed by atoms with E-state index < -0.39 is 6.36 Å². The van der Waals surface area contributed by atoms with Crippen LogP contribution in [0.1, 0.15) is 12.0 Å². The Hall–Kier alpha value is -3.56. The van der Waals surface area contributed by atoms with Gasteiger partial charge in [-0.25, -0.2) is 0 Å². The molecule has 0 fully saturated rings. The Morgan fingerprint density at radius 3 is 2.39 bits per heavy atom. The largest absolute Gasteiger partial charge is 0.573 e. The lowest BCUT2D eigenvalue weighted by molar-refractivity contribution is -0.274. The van der Waals surface area contributed by atoms with E-state index >= 15 is 0 Å². The van der Waals surface area contributed by atoms with Gasteiger partial charge in [-0.2, -0.15) is 5.10 Å². The first-order chi connectivity index (χ1) is 13.4. The number of benzene rings is 1. The summed E-state index contributed by atoms with van der Waals surface area (Å²) in [4.78, 5) is 4.23. The van der Waals surface area contributed by atoms with Crippen LogP contribution < -0.4 is 9.47 Å². The Labute approximate surface area is 157 Å². The maximum atomic E-state index is 12.2. The average molecular weight is 392 g/mol. The number of hydrogen-bond donors (Lipinski definition) is 2. The van der Waals surface area contributed by atoms with Gasteiger partial charge < -0.3 is 14.7 Å². The monoisotopic (exact) mass is 392 g/mol. The van der Waals surface area contributed by atoms with Gasteiger partial charge in [0.2, 0.25) is 5.90 Å². The van der Waals surface area contributed by atoms with E-state index in [0.29, 0.717) is 17.9 Å². The van der Waals surface area contributed by atoms with Gasteiger partial charge in [-0.15, -0.1) is 13.2 Å². The van der Waals surface area contributed by atoms with E-state index in [4.69, 9.17) is 9.94 Å². The lowest BCUT2D eigenvalue weighted by atomic mass is 10.1. The van der Waals surface area contributed by atoms with Crippen LogP contribution in [0, 0.1) is 0 Å². The van der Waals surface area contributed by atoms with Crippen molar-refractivity contribution >= 4 is 5.90 Å². The number of nitrogens with one attached hydrogen (secondary N) is 1. The summed E-state index contributed by atoms with van der Waals surface area (Å²) in [6.45, 7) is 0. The maximum absolute atomic E-state index is 12.2. The number of rotatable bonds is 6. The molecule has 2 aromatic heterocycles. The van der Waals surface area contributed by atoms with Crippen LogP contribution in [-0.4, -0.2) is 32.6 Å². The number of aryl methyl sites for hydroxylation is 1. The summed E-state index contributed by atoms with van der Waals surface area (Å²) in [6.07, 6.45) is -1.01. The van der Waals surface area contributed by atoms with Crippen molar-refractivity contribution in [3.8, 4) is 22.9 Å². The van der Waals surface area contributed by atoms with Crippen LogP contribution in [0.25, 0.3) is 11.4 Å². The van der Waals surface area contributed by atoms with Gasteiger partial charge in [-0.05, 0) is 42.3 Å². The Bertz CT molecular complexity index is 909. The molecule has 0 aliphatic carbocycles. The molecule has 3 aromatic rings. The summed E-state index contributed by atoms with van der Waals surface area (Å²) in [5.41, 5.74) is 2.15. The van der Waals surface area contributed by atoms with Crippen molar-refractivity contribution in [3.63, 3.8) is 0 Å². The molecule has 0 aliphatic rings. The number of halogens is 3. The predicted octanol–water partition coefficient (Wildman–Crippen LogP) is 4.17. The molecule has 0 atom stereocenters. The molecule has 0 bridgehead atoms. The number of aromatic amines is 1. The molecule has 0 saturated heterocycles. The van der Waals surface area contributed by atoms with Crippen LogP contribution >= 0.6 is 0 Å². The molecule has 0 spiro atoms. The summed E-state index contributed by atoms with van der Waals surface area (Å²) in [5, 5.41) is 18.9. The van der Waals surface area contributed by atoms with E-state index in [0.717, 1.165) is 11.3 Å². The lowest BCUT2D eigenvalue weighted by Gasteiger charge is -2.10. The highest BCUT2D eigenvalue weighted by atomic mass is 19.4. The van der Waals surface area contributed by atoms with Gasteiger partial charge >= 0.3 is 6.36 Å². The first-order valence-electron chi connectivity index (χ1n) is 8.12. The molecule has 0 amide bonds. The Kier molecular flexibility index (Phi) is 5.78. The van der Waals surface area contributed by atoms with E-state index in [1.807, 2.05) is 0 Å². The van der Waals surface area contributed by atoms with Crippen molar-refractivity contribution in [2.24, 2.45) is 5.16 Å². The van der Waals surface area contributed by atoms with Crippen molar-refractivity contribution in [2.75, 3.05) is 0 Å². The van der Waals surface area contributed by atoms with Crippen LogP contribution in [0.5, 0.6) is 11.5 Å². The van der Waals surface area contributed by atoms with Gasteiger partial charge in [0.25, 0.3) is 0 Å². The molecule has 2 N–H and O–H groups in total. The second kappa shape index (κ2) is 8.42. The van der Waals surface area contributed by atoms with E-state index in [9.17, 15) is 13.2 Å². The molecule has 0 saturated carbocycles. The van der Waals surface area contributed by atoms with Crippen molar-refractivity contribution in [2.45, 2.75) is 19.2 Å². The molecule has 1 aromatic carbocycles. The van der Waals surface area contributed by atoms with Gasteiger partial charge in [0, 0.05) is 12.6 Å². The summed E-state index contributed by atoms with van der Waals surface area (Å²) in [6, 6.07) is 10.6. The molecule has 0 unspecified atom stereocenters. The van der Waals surface area contributed by atoms with Gasteiger partial charge in [-0.3, -0.25) is 10.1 Å². The topological polar surface area (TPSA) is 92.6 Å². The molecule has 3 rings (SSSR count). The van der Waals surface area contributed by atoms with Crippen molar-refractivity contribution in [1.29, 1.82) is 0 Å². The smallest absolute Gasteiger partial charge is 0.438 e. The Balaban J connectivity index is 1.55. The molecule has 0 radical (unpaired) electrons. The zero-order valence-electron chi connectivity index (χ0n) is 14.3. The fourth-order valence-electron chi connectivity index (χ4n) is 2.37. The highest BCUT2D eigenvalue weighted by Gasteiger charge is 2.30. The van der Waals surface area contributed by atoms with Crippen molar-refractivity contribution < 1.29 is 27.9 Å². The summed E-state index contributed by atoms with van der Waals surface area (Å²) >= 11 is 0. The second-order valence-corrected chi connectivity index (χ2v) is 5.64. The molecule has 146 valence electrons. The summed E-state index contributed by atoms with van der Waals surface area (Å²) in [5.74, 6) is 0.128. The fraction of sp³-hybridized carbons (Fsp3) is 0.167. The van der Waals surface area contributed by atoms with Crippen LogP contribution in [0.2, 0.25) is 0 Å². The number of oxime groups is 1. The molecule has 2 heterocycles. The molecular formula is C18H15F3N4O3. The number of alkyl halides is 3.